The van der Waals surface area contributed by atoms with E-state index >= 15 is 0 Å². The molecule has 0 saturated carbocycles. The van der Waals surface area contributed by atoms with E-state index in [1.165, 1.54) is 0 Å². The molecule has 0 aromatic carbocycles. The monoisotopic (exact) mass is 263 g/mol. The number of amides is 2. The maximum absolute atomic E-state index is 11.9. The van der Waals surface area contributed by atoms with Crippen LogP contribution in [0.5, 0.6) is 0 Å². The van der Waals surface area contributed by atoms with Gasteiger partial charge in [0.25, 0.3) is 0 Å². The Morgan fingerprint density at radius 2 is 2.18 bits per heavy atom. The molecule has 2 unspecified atom stereocenters. The van der Waals surface area contributed by atoms with Crippen molar-refractivity contribution in [2.24, 2.45) is 5.73 Å². The molecule has 1 aliphatic rings. The number of hydrogen-bond acceptors (Lipinski definition) is 3. The minimum absolute atomic E-state index is 0. The van der Waals surface area contributed by atoms with Crippen LogP contribution < -0.4 is 11.1 Å². The van der Waals surface area contributed by atoms with Gasteiger partial charge in [-0.25, -0.2) is 0 Å². The highest BCUT2D eigenvalue weighted by Gasteiger charge is 2.32. The molecular formula is C11H22ClN3O2. The van der Waals surface area contributed by atoms with Crippen molar-refractivity contribution in [1.29, 1.82) is 0 Å². The number of hydrogen-bond donors (Lipinski definition) is 2. The predicted molar refractivity (Wildman–Crippen MR) is 68.9 cm³/mol. The topological polar surface area (TPSA) is 75.4 Å². The zero-order chi connectivity index (χ0) is 12.1. The summed E-state index contributed by atoms with van der Waals surface area (Å²) >= 11 is 0. The van der Waals surface area contributed by atoms with Gasteiger partial charge in [-0.2, -0.15) is 0 Å². The van der Waals surface area contributed by atoms with Crippen LogP contribution >= 0.6 is 12.4 Å². The number of nitrogens with two attached hydrogens (primary N) is 1. The van der Waals surface area contributed by atoms with Gasteiger partial charge in [-0.3, -0.25) is 9.59 Å². The van der Waals surface area contributed by atoms with E-state index in [-0.39, 0.29) is 36.3 Å². The van der Waals surface area contributed by atoms with Crippen LogP contribution in [0.25, 0.3) is 0 Å². The van der Waals surface area contributed by atoms with Gasteiger partial charge >= 0.3 is 0 Å². The van der Waals surface area contributed by atoms with Gasteiger partial charge in [-0.1, -0.05) is 0 Å². The second-order valence-corrected chi connectivity index (χ2v) is 4.38. The van der Waals surface area contributed by atoms with Crippen molar-refractivity contribution >= 4 is 24.2 Å². The number of nitrogens with zero attached hydrogens (tertiary/aromatic N) is 1. The summed E-state index contributed by atoms with van der Waals surface area (Å²) in [4.78, 5) is 25.1. The molecule has 1 rings (SSSR count). The number of halogens is 1. The minimum atomic E-state index is -0.273. The third-order valence-electron chi connectivity index (χ3n) is 2.94. The smallest absolute Gasteiger partial charge is 0.242 e. The van der Waals surface area contributed by atoms with Crippen LogP contribution in [0.3, 0.4) is 0 Å². The number of likely N-dealkylation sites (N-methyl/N-ethyl adjacent to an activating group) is 1. The highest BCUT2D eigenvalue weighted by atomic mass is 35.5. The van der Waals surface area contributed by atoms with Crippen molar-refractivity contribution in [2.75, 3.05) is 13.6 Å². The van der Waals surface area contributed by atoms with Gasteiger partial charge in [-0.15, -0.1) is 12.4 Å². The van der Waals surface area contributed by atoms with Crippen LogP contribution in [0.1, 0.15) is 32.6 Å². The molecule has 0 aromatic heterocycles. The number of likely N-dealkylation sites (tertiary alicyclic amines) is 1. The Morgan fingerprint density at radius 1 is 1.53 bits per heavy atom. The van der Waals surface area contributed by atoms with Gasteiger partial charge in [0.1, 0.15) is 6.04 Å². The highest BCUT2D eigenvalue weighted by molar-refractivity contribution is 5.88. The second kappa shape index (κ2) is 7.50. The maximum Gasteiger partial charge on any atom is 0.242 e. The van der Waals surface area contributed by atoms with Crippen LogP contribution in [0, 0.1) is 0 Å². The van der Waals surface area contributed by atoms with Crippen LogP contribution in [-0.4, -0.2) is 42.4 Å². The van der Waals surface area contributed by atoms with Crippen LogP contribution in [0.2, 0.25) is 0 Å². The fraction of sp³-hybridized carbons (Fsp3) is 0.818. The SMILES string of the molecule is CNC(=O)C1CCCN1C(=O)CCC(C)N.Cl. The molecule has 1 aliphatic heterocycles. The Kier molecular flexibility index (Phi) is 7.15. The van der Waals surface area contributed by atoms with E-state index in [1.807, 2.05) is 6.92 Å². The quantitative estimate of drug-likeness (QED) is 0.765. The summed E-state index contributed by atoms with van der Waals surface area (Å²) in [7, 11) is 1.60. The van der Waals surface area contributed by atoms with E-state index in [2.05, 4.69) is 5.32 Å². The average Bonchev–Trinajstić information content (AvgIpc) is 2.73. The summed E-state index contributed by atoms with van der Waals surface area (Å²) in [5.41, 5.74) is 5.61. The molecule has 100 valence electrons. The molecule has 2 amide bonds. The number of carbonyl (C=O) groups is 2. The molecule has 0 radical (unpaired) electrons. The molecule has 1 fully saturated rings. The number of nitrogens with one attached hydrogen (secondary N) is 1. The van der Waals surface area contributed by atoms with Gasteiger partial charge < -0.3 is 16.0 Å². The lowest BCUT2D eigenvalue weighted by Crippen LogP contribution is -2.45. The molecule has 0 spiro atoms. The molecule has 0 aromatic rings. The summed E-state index contributed by atoms with van der Waals surface area (Å²) in [5, 5.41) is 2.60. The Balaban J connectivity index is 0.00000256. The molecular weight excluding hydrogens is 242 g/mol. The van der Waals surface area contributed by atoms with Crippen molar-refractivity contribution in [3.05, 3.63) is 0 Å². The van der Waals surface area contributed by atoms with E-state index in [0.29, 0.717) is 19.4 Å². The van der Waals surface area contributed by atoms with Crippen molar-refractivity contribution in [1.82, 2.24) is 10.2 Å². The molecule has 0 bridgehead atoms. The molecule has 6 heteroatoms. The Morgan fingerprint density at radius 3 is 2.71 bits per heavy atom. The zero-order valence-corrected chi connectivity index (χ0v) is 11.3. The lowest BCUT2D eigenvalue weighted by Gasteiger charge is -2.23. The van der Waals surface area contributed by atoms with E-state index in [1.54, 1.807) is 11.9 Å². The first-order chi connectivity index (χ1) is 7.56. The second-order valence-electron chi connectivity index (χ2n) is 4.38. The number of rotatable bonds is 4. The fourth-order valence-corrected chi connectivity index (χ4v) is 2.00. The Bertz CT molecular complexity index is 271. The van der Waals surface area contributed by atoms with Gasteiger partial charge in [0.2, 0.25) is 11.8 Å². The molecule has 5 nitrogen and oxygen atoms in total. The van der Waals surface area contributed by atoms with E-state index in [0.717, 1.165) is 12.8 Å². The van der Waals surface area contributed by atoms with Gasteiger partial charge in [0.15, 0.2) is 0 Å². The maximum atomic E-state index is 11.9. The molecule has 0 aliphatic carbocycles. The predicted octanol–water partition coefficient (Wildman–Crippen LogP) is 0.273. The summed E-state index contributed by atoms with van der Waals surface area (Å²) in [5.74, 6) is -0.0185. The average molecular weight is 264 g/mol. The van der Waals surface area contributed by atoms with Crippen LogP contribution in [0.15, 0.2) is 0 Å². The van der Waals surface area contributed by atoms with Crippen molar-refractivity contribution in [3.63, 3.8) is 0 Å². The Hall–Kier alpha value is -0.810. The molecule has 1 heterocycles. The van der Waals surface area contributed by atoms with Gasteiger partial charge in [-0.05, 0) is 26.2 Å². The fourth-order valence-electron chi connectivity index (χ4n) is 2.00. The lowest BCUT2D eigenvalue weighted by molar-refractivity contribution is -0.138. The summed E-state index contributed by atoms with van der Waals surface area (Å²) in [6.07, 6.45) is 2.78. The largest absolute Gasteiger partial charge is 0.357 e. The third kappa shape index (κ3) is 4.52. The first-order valence-electron chi connectivity index (χ1n) is 5.83. The van der Waals surface area contributed by atoms with E-state index < -0.39 is 0 Å². The highest BCUT2D eigenvalue weighted by Crippen LogP contribution is 2.18. The normalized spacial score (nSPS) is 20.6. The van der Waals surface area contributed by atoms with Crippen molar-refractivity contribution in [3.8, 4) is 0 Å². The van der Waals surface area contributed by atoms with Crippen LogP contribution in [-0.2, 0) is 9.59 Å². The van der Waals surface area contributed by atoms with Gasteiger partial charge in [0, 0.05) is 26.1 Å². The van der Waals surface area contributed by atoms with Crippen LogP contribution in [0.4, 0.5) is 0 Å². The van der Waals surface area contributed by atoms with Crippen molar-refractivity contribution < 1.29 is 9.59 Å². The zero-order valence-electron chi connectivity index (χ0n) is 10.4. The lowest BCUT2D eigenvalue weighted by atomic mass is 10.1. The first-order valence-corrected chi connectivity index (χ1v) is 5.83. The molecule has 1 saturated heterocycles. The summed E-state index contributed by atoms with van der Waals surface area (Å²) < 4.78 is 0. The number of carbonyl (C=O) groups excluding carboxylic acids is 2. The molecule has 3 N–H and O–H groups in total. The third-order valence-corrected chi connectivity index (χ3v) is 2.94. The van der Waals surface area contributed by atoms with E-state index in [4.69, 9.17) is 5.73 Å². The Labute approximate surface area is 109 Å². The molecule has 17 heavy (non-hydrogen) atoms. The summed E-state index contributed by atoms with van der Waals surface area (Å²) in [6.45, 7) is 2.57. The van der Waals surface area contributed by atoms with Crippen molar-refractivity contribution in [2.45, 2.75) is 44.7 Å². The van der Waals surface area contributed by atoms with E-state index in [9.17, 15) is 9.59 Å². The summed E-state index contributed by atoms with van der Waals surface area (Å²) in [6, 6.07) is -0.240. The van der Waals surface area contributed by atoms with Gasteiger partial charge in [0.05, 0.1) is 0 Å². The minimum Gasteiger partial charge on any atom is -0.357 e. The standard InChI is InChI=1S/C11H21N3O2.ClH/c1-8(12)5-6-10(15)14-7-3-4-9(14)11(16)13-2;/h8-9H,3-7,12H2,1-2H3,(H,13,16);1H. The molecule has 2 atom stereocenters. The first kappa shape index (κ1) is 16.2.